The molecule has 2 atom stereocenters. The van der Waals surface area contributed by atoms with Crippen LogP contribution in [0.4, 0.5) is 4.39 Å². The number of rotatable bonds is 5. The maximum atomic E-state index is 13.4. The summed E-state index contributed by atoms with van der Waals surface area (Å²) >= 11 is 1.74. The summed E-state index contributed by atoms with van der Waals surface area (Å²) in [6, 6.07) is 13.1. The number of ether oxygens (including phenoxy) is 1. The summed E-state index contributed by atoms with van der Waals surface area (Å²) in [5.74, 6) is -0.00659. The first-order chi connectivity index (χ1) is 14.5. The van der Waals surface area contributed by atoms with Gasteiger partial charge < -0.3 is 9.64 Å². The Kier molecular flexibility index (Phi) is 6.76. The minimum atomic E-state index is -0.220. The Morgan fingerprint density at radius 3 is 2.57 bits per heavy atom. The molecular weight excluding hydrogens is 399 g/mol. The van der Waals surface area contributed by atoms with Gasteiger partial charge in [-0.05, 0) is 55.7 Å². The molecule has 0 aromatic heterocycles. The summed E-state index contributed by atoms with van der Waals surface area (Å²) in [6.45, 7) is 8.43. The molecule has 0 bridgehead atoms. The number of morpholine rings is 1. The Morgan fingerprint density at radius 1 is 1.13 bits per heavy atom. The quantitative estimate of drug-likeness (QED) is 0.720. The van der Waals surface area contributed by atoms with Gasteiger partial charge in [-0.2, -0.15) is 0 Å². The maximum Gasteiger partial charge on any atom is 0.240 e. The van der Waals surface area contributed by atoms with Crippen molar-refractivity contribution in [1.29, 1.82) is 0 Å². The minimum absolute atomic E-state index is 0.123. The number of likely N-dealkylation sites (tertiary alicyclic amines) is 1. The molecule has 0 aliphatic carbocycles. The third kappa shape index (κ3) is 5.05. The number of thioether (sulfide) groups is 1. The number of carbonyl (C=O) groups is 1. The Morgan fingerprint density at radius 2 is 1.87 bits per heavy atom. The first-order valence-electron chi connectivity index (χ1n) is 10.6. The lowest BCUT2D eigenvalue weighted by Crippen LogP contribution is -2.49. The van der Waals surface area contributed by atoms with Crippen molar-refractivity contribution in [2.45, 2.75) is 43.0 Å². The molecule has 2 heterocycles. The van der Waals surface area contributed by atoms with Crippen molar-refractivity contribution in [3.8, 4) is 0 Å². The highest BCUT2D eigenvalue weighted by atomic mass is 32.2. The molecule has 160 valence electrons. The fourth-order valence-electron chi connectivity index (χ4n) is 4.32. The van der Waals surface area contributed by atoms with Crippen molar-refractivity contribution in [1.82, 2.24) is 9.80 Å². The number of amides is 1. The van der Waals surface area contributed by atoms with Gasteiger partial charge in [0.15, 0.2) is 0 Å². The Bertz CT molecular complexity index is 883. The zero-order valence-electron chi connectivity index (χ0n) is 17.6. The normalized spacial score (nSPS) is 22.4. The molecule has 2 aliphatic heterocycles. The van der Waals surface area contributed by atoms with Crippen LogP contribution in [0, 0.1) is 19.7 Å². The van der Waals surface area contributed by atoms with Crippen LogP contribution >= 0.6 is 11.8 Å². The maximum absolute atomic E-state index is 13.4. The van der Waals surface area contributed by atoms with Gasteiger partial charge in [0, 0.05) is 36.3 Å². The fourth-order valence-corrected chi connectivity index (χ4v) is 5.54. The zero-order valence-corrected chi connectivity index (χ0v) is 18.5. The number of nitrogens with zero attached hydrogens (tertiary/aromatic N) is 2. The summed E-state index contributed by atoms with van der Waals surface area (Å²) in [7, 11) is 0. The first kappa shape index (κ1) is 21.3. The predicted octanol–water partition coefficient (Wildman–Crippen LogP) is 4.04. The lowest BCUT2D eigenvalue weighted by molar-refractivity contribution is -0.140. The van der Waals surface area contributed by atoms with E-state index in [1.54, 1.807) is 11.8 Å². The minimum Gasteiger partial charge on any atom is -0.378 e. The highest BCUT2D eigenvalue weighted by molar-refractivity contribution is 8.00. The number of hydrogen-bond donors (Lipinski definition) is 0. The molecule has 6 heteroatoms. The van der Waals surface area contributed by atoms with E-state index in [0.717, 1.165) is 24.4 Å². The Labute approximate surface area is 182 Å². The molecule has 0 saturated carbocycles. The Balaban J connectivity index is 1.51. The van der Waals surface area contributed by atoms with Crippen LogP contribution in [0.25, 0.3) is 0 Å². The van der Waals surface area contributed by atoms with E-state index in [-0.39, 0.29) is 17.8 Å². The SMILES string of the molecule is Cc1ccc(CN2C[C@H](Sc3ccc(F)cc3)C[C@H]2C(=O)N2CCOCC2)c(C)c1. The molecule has 0 spiro atoms. The van der Waals surface area contributed by atoms with Crippen LogP contribution in [0.15, 0.2) is 47.4 Å². The fraction of sp³-hybridized carbons (Fsp3) is 0.458. The average Bonchev–Trinajstić information content (AvgIpc) is 3.14. The second-order valence-corrected chi connectivity index (χ2v) is 9.62. The third-order valence-corrected chi connectivity index (χ3v) is 7.18. The molecule has 0 N–H and O–H groups in total. The lowest BCUT2D eigenvalue weighted by atomic mass is 10.0. The van der Waals surface area contributed by atoms with Crippen molar-refractivity contribution >= 4 is 17.7 Å². The average molecular weight is 429 g/mol. The molecule has 1 amide bonds. The largest absolute Gasteiger partial charge is 0.378 e. The van der Waals surface area contributed by atoms with Gasteiger partial charge in [0.2, 0.25) is 5.91 Å². The van der Waals surface area contributed by atoms with Gasteiger partial charge in [-0.25, -0.2) is 4.39 Å². The molecule has 2 saturated heterocycles. The van der Waals surface area contributed by atoms with Crippen LogP contribution in [0.2, 0.25) is 0 Å². The van der Waals surface area contributed by atoms with Gasteiger partial charge in [0.1, 0.15) is 5.82 Å². The van der Waals surface area contributed by atoms with E-state index < -0.39 is 0 Å². The van der Waals surface area contributed by atoms with Crippen LogP contribution in [-0.4, -0.2) is 59.8 Å². The molecule has 0 unspecified atom stereocenters. The second kappa shape index (κ2) is 9.50. The van der Waals surface area contributed by atoms with Crippen LogP contribution in [0.3, 0.4) is 0 Å². The summed E-state index contributed by atoms with van der Waals surface area (Å²) in [6.07, 6.45) is 0.809. The Hall–Kier alpha value is -1.89. The van der Waals surface area contributed by atoms with Crippen molar-refractivity contribution in [3.63, 3.8) is 0 Å². The van der Waals surface area contributed by atoms with Gasteiger partial charge in [-0.15, -0.1) is 11.8 Å². The van der Waals surface area contributed by atoms with Crippen molar-refractivity contribution in [3.05, 3.63) is 65.0 Å². The monoisotopic (exact) mass is 428 g/mol. The molecule has 2 aromatic carbocycles. The predicted molar refractivity (Wildman–Crippen MR) is 118 cm³/mol. The van der Waals surface area contributed by atoms with E-state index in [9.17, 15) is 9.18 Å². The summed E-state index contributed by atoms with van der Waals surface area (Å²) < 4.78 is 18.7. The van der Waals surface area contributed by atoms with E-state index in [1.165, 1.54) is 28.8 Å². The van der Waals surface area contributed by atoms with E-state index in [2.05, 4.69) is 36.9 Å². The van der Waals surface area contributed by atoms with Crippen LogP contribution in [-0.2, 0) is 16.1 Å². The second-order valence-electron chi connectivity index (χ2n) is 8.24. The zero-order chi connectivity index (χ0) is 21.1. The molecule has 4 nitrogen and oxygen atoms in total. The number of aryl methyl sites for hydroxylation is 2. The number of hydrogen-bond acceptors (Lipinski definition) is 4. The molecule has 30 heavy (non-hydrogen) atoms. The summed E-state index contributed by atoms with van der Waals surface area (Å²) in [5.41, 5.74) is 3.79. The number of benzene rings is 2. The molecule has 2 aliphatic rings. The standard InChI is InChI=1S/C24H29FN2O2S/c1-17-3-4-19(18(2)13-17)15-27-16-22(30-21-7-5-20(25)6-8-21)14-23(27)24(28)26-9-11-29-12-10-26/h3-8,13,22-23H,9-12,14-16H2,1-2H3/t22-,23+/m1/s1. The molecule has 2 fully saturated rings. The van der Waals surface area contributed by atoms with Crippen LogP contribution < -0.4 is 0 Å². The van der Waals surface area contributed by atoms with Gasteiger partial charge in [-0.1, -0.05) is 23.8 Å². The summed E-state index contributed by atoms with van der Waals surface area (Å²) in [4.78, 5) is 18.7. The highest BCUT2D eigenvalue weighted by Crippen LogP contribution is 2.35. The van der Waals surface area contributed by atoms with E-state index in [1.807, 2.05) is 17.0 Å². The van der Waals surface area contributed by atoms with E-state index >= 15 is 0 Å². The number of carbonyl (C=O) groups excluding carboxylic acids is 1. The van der Waals surface area contributed by atoms with E-state index in [0.29, 0.717) is 31.6 Å². The smallest absolute Gasteiger partial charge is 0.240 e. The van der Waals surface area contributed by atoms with Crippen molar-refractivity contribution in [2.75, 3.05) is 32.8 Å². The highest BCUT2D eigenvalue weighted by Gasteiger charge is 2.39. The molecule has 4 rings (SSSR count). The van der Waals surface area contributed by atoms with Gasteiger partial charge in [-0.3, -0.25) is 9.69 Å². The van der Waals surface area contributed by atoms with Crippen LogP contribution in [0.1, 0.15) is 23.1 Å². The number of halogens is 1. The van der Waals surface area contributed by atoms with Gasteiger partial charge in [0.05, 0.1) is 19.3 Å². The van der Waals surface area contributed by atoms with Gasteiger partial charge in [0.25, 0.3) is 0 Å². The molecule has 2 aromatic rings. The molecule has 0 radical (unpaired) electrons. The van der Waals surface area contributed by atoms with Crippen molar-refractivity contribution < 1.29 is 13.9 Å². The third-order valence-electron chi connectivity index (χ3n) is 5.96. The van der Waals surface area contributed by atoms with Crippen LogP contribution in [0.5, 0.6) is 0 Å². The summed E-state index contributed by atoms with van der Waals surface area (Å²) in [5, 5.41) is 0.302. The first-order valence-corrected chi connectivity index (χ1v) is 11.5. The molecular formula is C24H29FN2O2S. The van der Waals surface area contributed by atoms with Crippen molar-refractivity contribution in [2.24, 2.45) is 0 Å². The lowest BCUT2D eigenvalue weighted by Gasteiger charge is -2.32. The van der Waals surface area contributed by atoms with Gasteiger partial charge >= 0.3 is 0 Å². The topological polar surface area (TPSA) is 32.8 Å². The van der Waals surface area contributed by atoms with E-state index in [4.69, 9.17) is 4.74 Å².